The molecule has 0 aromatic heterocycles. The van der Waals surface area contributed by atoms with Crippen molar-refractivity contribution in [2.45, 2.75) is 14.4 Å². The van der Waals surface area contributed by atoms with Gasteiger partial charge in [-0.05, 0) is 24.3 Å². The highest BCUT2D eigenvalue weighted by Gasteiger charge is 2.35. The molecule has 126 valence electrons. The largest absolute Gasteiger partial charge is 0.292 e. The average molecular weight is 368 g/mol. The molecule has 25 heavy (non-hydrogen) atoms. The fraction of sp³-hybridized carbons (Fsp3) is 0.0500. The van der Waals surface area contributed by atoms with Crippen molar-refractivity contribution in [1.29, 1.82) is 0 Å². The average Bonchev–Trinajstić information content (AvgIpc) is 2.67. The van der Waals surface area contributed by atoms with Gasteiger partial charge < -0.3 is 0 Å². The SMILES string of the molecule is O=C(c1ccccc1)C(Sc1ccccc1)S(=O)(=O)c1ccccc1. The van der Waals surface area contributed by atoms with Crippen LogP contribution in [0.5, 0.6) is 0 Å². The van der Waals surface area contributed by atoms with Crippen molar-refractivity contribution in [2.75, 3.05) is 0 Å². The van der Waals surface area contributed by atoms with E-state index in [2.05, 4.69) is 0 Å². The Morgan fingerprint density at radius 3 is 1.76 bits per heavy atom. The number of Topliss-reactive ketones (excluding diaryl/α,β-unsaturated/α-hetero) is 1. The van der Waals surface area contributed by atoms with Crippen LogP contribution >= 0.6 is 11.8 Å². The van der Waals surface area contributed by atoms with Crippen molar-refractivity contribution >= 4 is 27.4 Å². The lowest BCUT2D eigenvalue weighted by Crippen LogP contribution is -2.27. The van der Waals surface area contributed by atoms with Gasteiger partial charge in [-0.25, -0.2) is 8.42 Å². The summed E-state index contributed by atoms with van der Waals surface area (Å²) in [5.41, 5.74) is 0.385. The fourth-order valence-electron chi connectivity index (χ4n) is 2.35. The first-order chi connectivity index (χ1) is 12.1. The third-order valence-electron chi connectivity index (χ3n) is 3.61. The molecule has 0 radical (unpaired) electrons. The van der Waals surface area contributed by atoms with Crippen LogP contribution in [0.25, 0.3) is 0 Å². The van der Waals surface area contributed by atoms with Crippen molar-refractivity contribution in [2.24, 2.45) is 0 Å². The molecule has 0 fully saturated rings. The van der Waals surface area contributed by atoms with Gasteiger partial charge in [0.15, 0.2) is 20.2 Å². The van der Waals surface area contributed by atoms with Crippen molar-refractivity contribution in [3.05, 3.63) is 96.6 Å². The standard InChI is InChI=1S/C20H16O3S2/c21-19(16-10-4-1-5-11-16)20(24-17-12-6-2-7-13-17)25(22,23)18-14-8-3-9-15-18/h1-15,20H. The smallest absolute Gasteiger partial charge is 0.198 e. The summed E-state index contributed by atoms with van der Waals surface area (Å²) in [7, 11) is -3.83. The van der Waals surface area contributed by atoms with Gasteiger partial charge in [0.25, 0.3) is 0 Å². The molecule has 1 atom stereocenters. The summed E-state index contributed by atoms with van der Waals surface area (Å²) in [5, 5.41) is 0. The van der Waals surface area contributed by atoms with Crippen LogP contribution in [0.1, 0.15) is 10.4 Å². The van der Waals surface area contributed by atoms with Gasteiger partial charge in [-0.3, -0.25) is 4.79 Å². The van der Waals surface area contributed by atoms with Gasteiger partial charge in [0.1, 0.15) is 0 Å². The maximum absolute atomic E-state index is 13.1. The molecule has 0 heterocycles. The summed E-state index contributed by atoms with van der Waals surface area (Å²) in [6.07, 6.45) is 0. The molecule has 1 unspecified atom stereocenters. The number of hydrogen-bond donors (Lipinski definition) is 0. The van der Waals surface area contributed by atoms with E-state index in [0.29, 0.717) is 5.56 Å². The molecule has 3 aromatic carbocycles. The lowest BCUT2D eigenvalue weighted by atomic mass is 10.1. The maximum atomic E-state index is 13.1. The molecule has 0 aliphatic carbocycles. The molecular weight excluding hydrogens is 352 g/mol. The summed E-state index contributed by atoms with van der Waals surface area (Å²) in [4.78, 5) is 13.8. The predicted molar refractivity (Wildman–Crippen MR) is 100 cm³/mol. The van der Waals surface area contributed by atoms with Crippen LogP contribution in [0.3, 0.4) is 0 Å². The topological polar surface area (TPSA) is 51.2 Å². The number of ketones is 1. The van der Waals surface area contributed by atoms with Crippen molar-refractivity contribution in [1.82, 2.24) is 0 Å². The van der Waals surface area contributed by atoms with Crippen LogP contribution in [-0.2, 0) is 9.84 Å². The highest BCUT2D eigenvalue weighted by molar-refractivity contribution is 8.14. The first-order valence-electron chi connectivity index (χ1n) is 7.69. The molecule has 3 nitrogen and oxygen atoms in total. The molecule has 0 aliphatic heterocycles. The molecule has 0 saturated carbocycles. The molecule has 0 saturated heterocycles. The lowest BCUT2D eigenvalue weighted by molar-refractivity contribution is 0.101. The predicted octanol–water partition coefficient (Wildman–Crippen LogP) is 4.46. The minimum Gasteiger partial charge on any atom is -0.292 e. The number of thioether (sulfide) groups is 1. The van der Waals surface area contributed by atoms with Crippen molar-refractivity contribution in [3.8, 4) is 0 Å². The number of sulfone groups is 1. The van der Waals surface area contributed by atoms with E-state index in [9.17, 15) is 13.2 Å². The Hall–Kier alpha value is -2.37. The van der Waals surface area contributed by atoms with Gasteiger partial charge in [0, 0.05) is 10.5 Å². The number of carbonyl (C=O) groups is 1. The van der Waals surface area contributed by atoms with Gasteiger partial charge in [0.2, 0.25) is 0 Å². The van der Waals surface area contributed by atoms with Crippen LogP contribution < -0.4 is 0 Å². The Morgan fingerprint density at radius 2 is 1.20 bits per heavy atom. The second-order valence-corrected chi connectivity index (χ2v) is 8.86. The minimum atomic E-state index is -3.83. The fourth-order valence-corrected chi connectivity index (χ4v) is 5.53. The highest BCUT2D eigenvalue weighted by atomic mass is 32.3. The normalized spacial score (nSPS) is 12.5. The van der Waals surface area contributed by atoms with E-state index < -0.39 is 20.2 Å². The van der Waals surface area contributed by atoms with E-state index in [4.69, 9.17) is 0 Å². The number of carbonyl (C=O) groups excluding carboxylic acids is 1. The van der Waals surface area contributed by atoms with Crippen LogP contribution in [-0.4, -0.2) is 18.8 Å². The Bertz CT molecular complexity index is 938. The van der Waals surface area contributed by atoms with Crippen LogP contribution in [0.15, 0.2) is 101 Å². The third-order valence-corrected chi connectivity index (χ3v) is 7.34. The molecule has 0 spiro atoms. The molecule has 3 rings (SSSR count). The number of benzene rings is 3. The molecule has 0 aliphatic rings. The van der Waals surface area contributed by atoms with Gasteiger partial charge in [-0.1, -0.05) is 78.5 Å². The zero-order chi connectivity index (χ0) is 17.7. The minimum absolute atomic E-state index is 0.146. The summed E-state index contributed by atoms with van der Waals surface area (Å²) in [6, 6.07) is 25.7. The molecule has 0 bridgehead atoms. The van der Waals surface area contributed by atoms with Crippen LogP contribution in [0, 0.1) is 0 Å². The van der Waals surface area contributed by atoms with Crippen LogP contribution in [0.4, 0.5) is 0 Å². The molecule has 5 heteroatoms. The Labute approximate surface area is 151 Å². The van der Waals surface area contributed by atoms with Gasteiger partial charge >= 0.3 is 0 Å². The molecular formula is C20H16O3S2. The zero-order valence-corrected chi connectivity index (χ0v) is 14.9. The first kappa shape index (κ1) is 17.5. The van der Waals surface area contributed by atoms with E-state index in [1.165, 1.54) is 12.1 Å². The van der Waals surface area contributed by atoms with Crippen LogP contribution in [0.2, 0.25) is 0 Å². The first-order valence-corrected chi connectivity index (χ1v) is 10.1. The van der Waals surface area contributed by atoms with Gasteiger partial charge in [0.05, 0.1) is 4.90 Å². The Morgan fingerprint density at radius 1 is 0.720 bits per heavy atom. The molecule has 0 N–H and O–H groups in total. The summed E-state index contributed by atoms with van der Waals surface area (Å²) in [6.45, 7) is 0. The van der Waals surface area contributed by atoms with E-state index in [0.717, 1.165) is 16.7 Å². The summed E-state index contributed by atoms with van der Waals surface area (Å²) >= 11 is 1.06. The Kier molecular flexibility index (Phi) is 5.36. The zero-order valence-electron chi connectivity index (χ0n) is 13.3. The van der Waals surface area contributed by atoms with E-state index in [1.54, 1.807) is 60.7 Å². The van der Waals surface area contributed by atoms with Gasteiger partial charge in [-0.2, -0.15) is 0 Å². The highest BCUT2D eigenvalue weighted by Crippen LogP contribution is 2.33. The molecule has 3 aromatic rings. The maximum Gasteiger partial charge on any atom is 0.198 e. The third kappa shape index (κ3) is 4.00. The summed E-state index contributed by atoms with van der Waals surface area (Å²) in [5.74, 6) is -0.418. The lowest BCUT2D eigenvalue weighted by Gasteiger charge is -2.16. The van der Waals surface area contributed by atoms with Gasteiger partial charge in [-0.15, -0.1) is 0 Å². The quantitative estimate of drug-likeness (QED) is 0.476. The van der Waals surface area contributed by atoms with Crippen molar-refractivity contribution < 1.29 is 13.2 Å². The Balaban J connectivity index is 2.04. The van der Waals surface area contributed by atoms with E-state index >= 15 is 0 Å². The monoisotopic (exact) mass is 368 g/mol. The second kappa shape index (κ2) is 7.68. The molecule has 0 amide bonds. The second-order valence-electron chi connectivity index (χ2n) is 5.35. The summed E-state index contributed by atoms with van der Waals surface area (Å²) < 4.78 is 25.0. The van der Waals surface area contributed by atoms with Crippen molar-refractivity contribution in [3.63, 3.8) is 0 Å². The van der Waals surface area contributed by atoms with E-state index in [1.807, 2.05) is 18.2 Å². The number of hydrogen-bond acceptors (Lipinski definition) is 4. The number of rotatable bonds is 6. The van der Waals surface area contributed by atoms with E-state index in [-0.39, 0.29) is 4.90 Å².